The Morgan fingerprint density at radius 3 is 2.48 bits per heavy atom. The lowest BCUT2D eigenvalue weighted by Crippen LogP contribution is -2.28. The minimum absolute atomic E-state index is 0.0369. The molecule has 0 aliphatic rings. The smallest absolute Gasteiger partial charge is 0.261 e. The van der Waals surface area contributed by atoms with Crippen molar-refractivity contribution < 1.29 is 9.59 Å². The van der Waals surface area contributed by atoms with Crippen molar-refractivity contribution >= 4 is 33.2 Å². The third-order valence-electron chi connectivity index (χ3n) is 4.56. The van der Waals surface area contributed by atoms with Gasteiger partial charge in [0.1, 0.15) is 4.83 Å². The number of hydrogen-bond acceptors (Lipinski definition) is 5. The fourth-order valence-corrected chi connectivity index (χ4v) is 3.87. The summed E-state index contributed by atoms with van der Waals surface area (Å²) >= 11 is 1.34. The molecular formula is C21H23N3O2S. The molecule has 0 aliphatic heterocycles. The number of benzene rings is 1. The van der Waals surface area contributed by atoms with Crippen molar-refractivity contribution in [2.75, 3.05) is 0 Å². The normalized spacial score (nSPS) is 11.6. The van der Waals surface area contributed by atoms with Crippen LogP contribution in [-0.4, -0.2) is 16.7 Å². The second kappa shape index (κ2) is 7.21. The molecule has 3 aromatic rings. The highest BCUT2D eigenvalue weighted by Gasteiger charge is 2.17. The van der Waals surface area contributed by atoms with Gasteiger partial charge in [-0.05, 0) is 50.5 Å². The van der Waals surface area contributed by atoms with Crippen molar-refractivity contribution in [3.05, 3.63) is 63.7 Å². The third-order valence-corrected chi connectivity index (χ3v) is 5.77. The molecule has 0 bridgehead atoms. The molecule has 0 aliphatic carbocycles. The standard InChI is InChI=1S/C21H23N3O2S/c1-12-17-9-15(13(2)25)11-24-20(17)27-18(12)19(26)23-10-14-5-7-16(8-6-14)21(3,4)22/h5-9,11H,10,22H2,1-4H3,(H,23,26). The van der Waals surface area contributed by atoms with E-state index in [1.54, 1.807) is 12.3 Å². The van der Waals surface area contributed by atoms with Crippen LogP contribution >= 0.6 is 11.3 Å². The number of carbonyl (C=O) groups excluding carboxylic acids is 2. The topological polar surface area (TPSA) is 85.1 Å². The minimum atomic E-state index is -0.387. The van der Waals surface area contributed by atoms with Gasteiger partial charge in [-0.1, -0.05) is 24.3 Å². The van der Waals surface area contributed by atoms with E-state index >= 15 is 0 Å². The number of aryl methyl sites for hydroxylation is 1. The minimum Gasteiger partial charge on any atom is -0.347 e. The SMILES string of the molecule is CC(=O)c1cnc2sc(C(=O)NCc3ccc(C(C)(C)N)cc3)c(C)c2c1. The number of amides is 1. The average Bonchev–Trinajstić information content (AvgIpc) is 2.95. The monoisotopic (exact) mass is 381 g/mol. The summed E-state index contributed by atoms with van der Waals surface area (Å²) in [4.78, 5) is 29.9. The van der Waals surface area contributed by atoms with Gasteiger partial charge >= 0.3 is 0 Å². The molecule has 0 unspecified atom stereocenters. The Labute approximate surface area is 162 Å². The summed E-state index contributed by atoms with van der Waals surface area (Å²) in [6.45, 7) is 7.75. The van der Waals surface area contributed by atoms with Crippen LogP contribution in [0, 0.1) is 6.92 Å². The largest absolute Gasteiger partial charge is 0.347 e. The Morgan fingerprint density at radius 1 is 1.22 bits per heavy atom. The van der Waals surface area contributed by atoms with Crippen molar-refractivity contribution in [2.45, 2.75) is 39.8 Å². The highest BCUT2D eigenvalue weighted by Crippen LogP contribution is 2.30. The van der Waals surface area contributed by atoms with Crippen LogP contribution in [0.2, 0.25) is 0 Å². The van der Waals surface area contributed by atoms with Crippen molar-refractivity contribution in [1.82, 2.24) is 10.3 Å². The maximum absolute atomic E-state index is 12.6. The highest BCUT2D eigenvalue weighted by atomic mass is 32.1. The Balaban J connectivity index is 1.76. The van der Waals surface area contributed by atoms with Gasteiger partial charge in [0.2, 0.25) is 0 Å². The predicted octanol–water partition coefficient (Wildman–Crippen LogP) is 3.93. The van der Waals surface area contributed by atoms with E-state index in [-0.39, 0.29) is 17.2 Å². The van der Waals surface area contributed by atoms with Gasteiger partial charge in [0, 0.05) is 29.2 Å². The summed E-state index contributed by atoms with van der Waals surface area (Å²) < 4.78 is 0. The molecule has 0 atom stereocenters. The van der Waals surface area contributed by atoms with Crippen LogP contribution in [0.25, 0.3) is 10.2 Å². The van der Waals surface area contributed by atoms with E-state index < -0.39 is 0 Å². The van der Waals surface area contributed by atoms with Gasteiger partial charge in [0.25, 0.3) is 5.91 Å². The number of nitrogens with two attached hydrogens (primary N) is 1. The van der Waals surface area contributed by atoms with Gasteiger partial charge in [0.05, 0.1) is 4.88 Å². The highest BCUT2D eigenvalue weighted by molar-refractivity contribution is 7.20. The lowest BCUT2D eigenvalue weighted by molar-refractivity contribution is 0.0953. The zero-order chi connectivity index (χ0) is 19.8. The summed E-state index contributed by atoms with van der Waals surface area (Å²) in [6.07, 6.45) is 1.56. The van der Waals surface area contributed by atoms with Crippen LogP contribution in [0.3, 0.4) is 0 Å². The first-order valence-corrected chi connectivity index (χ1v) is 9.55. The Hall–Kier alpha value is -2.57. The second-order valence-electron chi connectivity index (χ2n) is 7.29. The molecule has 3 N–H and O–H groups in total. The quantitative estimate of drug-likeness (QED) is 0.656. The van der Waals surface area contributed by atoms with Gasteiger partial charge in [-0.15, -0.1) is 11.3 Å². The number of pyridine rings is 1. The Kier molecular flexibility index (Phi) is 5.13. The van der Waals surface area contributed by atoms with Gasteiger partial charge in [-0.2, -0.15) is 0 Å². The first kappa shape index (κ1) is 19.2. The number of fused-ring (bicyclic) bond motifs is 1. The van der Waals surface area contributed by atoms with Gasteiger partial charge in [-0.3, -0.25) is 9.59 Å². The van der Waals surface area contributed by atoms with E-state index in [1.165, 1.54) is 18.3 Å². The summed E-state index contributed by atoms with van der Waals surface area (Å²) in [6, 6.07) is 9.73. The maximum Gasteiger partial charge on any atom is 0.261 e. The first-order chi connectivity index (χ1) is 12.7. The first-order valence-electron chi connectivity index (χ1n) is 8.73. The number of rotatable bonds is 5. The molecule has 6 heteroatoms. The number of nitrogens with one attached hydrogen (secondary N) is 1. The molecule has 2 heterocycles. The summed E-state index contributed by atoms with van der Waals surface area (Å²) in [5.74, 6) is -0.173. The fourth-order valence-electron chi connectivity index (χ4n) is 2.82. The molecule has 140 valence electrons. The number of thiophene rings is 1. The van der Waals surface area contributed by atoms with E-state index in [0.29, 0.717) is 17.0 Å². The molecule has 2 aromatic heterocycles. The molecule has 3 rings (SSSR count). The van der Waals surface area contributed by atoms with E-state index in [1.807, 2.05) is 45.0 Å². The summed E-state index contributed by atoms with van der Waals surface area (Å²) in [5, 5.41) is 3.81. The third kappa shape index (κ3) is 4.07. The molecule has 0 radical (unpaired) electrons. The molecule has 1 amide bonds. The second-order valence-corrected chi connectivity index (χ2v) is 8.29. The predicted molar refractivity (Wildman–Crippen MR) is 109 cm³/mol. The zero-order valence-electron chi connectivity index (χ0n) is 15.9. The lowest BCUT2D eigenvalue weighted by atomic mass is 9.95. The van der Waals surface area contributed by atoms with E-state index in [4.69, 9.17) is 5.73 Å². The molecule has 0 saturated carbocycles. The van der Waals surface area contributed by atoms with E-state index in [2.05, 4.69) is 10.3 Å². The van der Waals surface area contributed by atoms with Gasteiger partial charge < -0.3 is 11.1 Å². The number of nitrogens with zero attached hydrogens (tertiary/aromatic N) is 1. The van der Waals surface area contributed by atoms with Crippen molar-refractivity contribution in [3.63, 3.8) is 0 Å². The molecular weight excluding hydrogens is 358 g/mol. The van der Waals surface area contributed by atoms with Gasteiger partial charge in [0.15, 0.2) is 5.78 Å². The summed E-state index contributed by atoms with van der Waals surface area (Å²) in [5.41, 5.74) is 9.16. The fraction of sp³-hybridized carbons (Fsp3) is 0.286. The van der Waals surface area contributed by atoms with Crippen LogP contribution in [-0.2, 0) is 12.1 Å². The average molecular weight is 382 g/mol. The molecule has 27 heavy (non-hydrogen) atoms. The van der Waals surface area contributed by atoms with Crippen molar-refractivity contribution in [2.24, 2.45) is 5.73 Å². The zero-order valence-corrected chi connectivity index (χ0v) is 16.7. The number of Topliss-reactive ketones (excluding diaryl/α,β-unsaturated/α-hetero) is 1. The number of ketones is 1. The van der Waals surface area contributed by atoms with E-state index in [0.717, 1.165) is 26.9 Å². The van der Waals surface area contributed by atoms with Crippen molar-refractivity contribution in [3.8, 4) is 0 Å². The van der Waals surface area contributed by atoms with Gasteiger partial charge in [-0.25, -0.2) is 4.98 Å². The Bertz CT molecular complexity index is 1010. The number of hydrogen-bond donors (Lipinski definition) is 2. The molecule has 1 aromatic carbocycles. The Morgan fingerprint density at radius 2 is 1.89 bits per heavy atom. The van der Waals surface area contributed by atoms with Crippen LogP contribution in [0.4, 0.5) is 0 Å². The van der Waals surface area contributed by atoms with Crippen LogP contribution < -0.4 is 11.1 Å². The van der Waals surface area contributed by atoms with Crippen molar-refractivity contribution in [1.29, 1.82) is 0 Å². The molecule has 0 spiro atoms. The summed E-state index contributed by atoms with van der Waals surface area (Å²) in [7, 11) is 0. The van der Waals surface area contributed by atoms with Crippen LogP contribution in [0.15, 0.2) is 36.5 Å². The number of aromatic nitrogens is 1. The lowest BCUT2D eigenvalue weighted by Gasteiger charge is -2.19. The molecule has 5 nitrogen and oxygen atoms in total. The maximum atomic E-state index is 12.6. The number of carbonyl (C=O) groups is 2. The van der Waals surface area contributed by atoms with Crippen LogP contribution in [0.5, 0.6) is 0 Å². The van der Waals surface area contributed by atoms with Crippen LogP contribution in [0.1, 0.15) is 57.5 Å². The van der Waals surface area contributed by atoms with E-state index in [9.17, 15) is 9.59 Å². The molecule has 0 saturated heterocycles. The molecule has 0 fully saturated rings.